The van der Waals surface area contributed by atoms with E-state index in [4.69, 9.17) is 4.74 Å². The van der Waals surface area contributed by atoms with Gasteiger partial charge in [-0.15, -0.1) is 0 Å². The Morgan fingerprint density at radius 2 is 2.04 bits per heavy atom. The minimum atomic E-state index is -0.981. The third kappa shape index (κ3) is 2.56. The van der Waals surface area contributed by atoms with Crippen molar-refractivity contribution in [2.24, 2.45) is 0 Å². The number of ether oxygens (including phenoxy) is 1. The maximum absolute atomic E-state index is 14.4. The average molecular weight is 348 g/mol. The molecule has 0 unspecified atom stereocenters. The summed E-state index contributed by atoms with van der Waals surface area (Å²) in [4.78, 5) is 18.9. The van der Waals surface area contributed by atoms with Crippen molar-refractivity contribution in [2.75, 3.05) is 13.7 Å². The number of halogens is 2. The maximum Gasteiger partial charge on any atom is 0.257 e. The van der Waals surface area contributed by atoms with Crippen LogP contribution in [0.4, 0.5) is 8.78 Å². The Morgan fingerprint density at radius 1 is 1.28 bits per heavy atom. The standard InChI is InChI=1S/C17H18F2N4O2/c1-9-16-20-15(10-3-4-10)21-23(16)8-7-22(9)17(24)11-5-6-12(18)14(25-2)13(11)19/h5-6,9-10H,3-4,7-8H2,1-2H3/t9-/m1/s1. The van der Waals surface area contributed by atoms with Crippen LogP contribution in [0, 0.1) is 11.6 Å². The molecule has 1 aliphatic carbocycles. The third-order valence-electron chi connectivity index (χ3n) is 4.80. The second-order valence-corrected chi connectivity index (χ2v) is 6.44. The Kier molecular flexibility index (Phi) is 3.70. The monoisotopic (exact) mass is 348 g/mol. The third-order valence-corrected chi connectivity index (χ3v) is 4.80. The number of methoxy groups -OCH3 is 1. The van der Waals surface area contributed by atoms with E-state index in [2.05, 4.69) is 10.1 Å². The number of benzene rings is 1. The molecule has 0 bridgehead atoms. The molecule has 1 aromatic heterocycles. The second kappa shape index (κ2) is 5.79. The fourth-order valence-electron chi connectivity index (χ4n) is 3.21. The molecule has 1 aromatic carbocycles. The van der Waals surface area contributed by atoms with Crippen LogP contribution in [-0.2, 0) is 6.54 Å². The fraction of sp³-hybridized carbons (Fsp3) is 0.471. The van der Waals surface area contributed by atoms with Crippen molar-refractivity contribution in [3.63, 3.8) is 0 Å². The Labute approximate surface area is 143 Å². The van der Waals surface area contributed by atoms with Gasteiger partial charge in [0, 0.05) is 12.5 Å². The number of nitrogens with zero attached hydrogens (tertiary/aromatic N) is 4. The highest BCUT2D eigenvalue weighted by atomic mass is 19.1. The van der Waals surface area contributed by atoms with Crippen LogP contribution in [0.15, 0.2) is 12.1 Å². The van der Waals surface area contributed by atoms with Gasteiger partial charge >= 0.3 is 0 Å². The van der Waals surface area contributed by atoms with Crippen LogP contribution in [0.5, 0.6) is 5.75 Å². The number of fused-ring (bicyclic) bond motifs is 1. The van der Waals surface area contributed by atoms with Gasteiger partial charge in [0.05, 0.1) is 25.3 Å². The Balaban J connectivity index is 1.65. The summed E-state index contributed by atoms with van der Waals surface area (Å²) in [5.74, 6) is -0.919. The van der Waals surface area contributed by atoms with Gasteiger partial charge in [-0.1, -0.05) is 0 Å². The lowest BCUT2D eigenvalue weighted by molar-refractivity contribution is 0.0625. The van der Waals surface area contributed by atoms with Crippen LogP contribution in [0.2, 0.25) is 0 Å². The van der Waals surface area contributed by atoms with Crippen molar-refractivity contribution in [2.45, 2.75) is 38.3 Å². The van der Waals surface area contributed by atoms with Crippen LogP contribution < -0.4 is 4.74 Å². The van der Waals surface area contributed by atoms with E-state index in [1.54, 1.807) is 0 Å². The predicted octanol–water partition coefficient (Wildman–Crippen LogP) is 2.66. The SMILES string of the molecule is COc1c(F)ccc(C(=O)N2CCn3nc(C4CC4)nc3[C@H]2C)c1F. The highest BCUT2D eigenvalue weighted by Crippen LogP contribution is 2.39. The molecule has 25 heavy (non-hydrogen) atoms. The molecule has 2 aliphatic rings. The molecule has 1 amide bonds. The van der Waals surface area contributed by atoms with Crippen LogP contribution in [0.3, 0.4) is 0 Å². The van der Waals surface area contributed by atoms with E-state index < -0.39 is 23.3 Å². The van der Waals surface area contributed by atoms with E-state index in [0.29, 0.717) is 24.8 Å². The number of carbonyl (C=O) groups is 1. The minimum Gasteiger partial charge on any atom is -0.491 e. The Bertz CT molecular complexity index is 847. The van der Waals surface area contributed by atoms with Gasteiger partial charge in [-0.25, -0.2) is 18.4 Å². The summed E-state index contributed by atoms with van der Waals surface area (Å²) in [5, 5.41) is 4.51. The molecule has 1 saturated carbocycles. The molecule has 1 fully saturated rings. The lowest BCUT2D eigenvalue weighted by Gasteiger charge is -2.33. The van der Waals surface area contributed by atoms with Gasteiger partial charge < -0.3 is 9.64 Å². The highest BCUT2D eigenvalue weighted by molar-refractivity contribution is 5.95. The molecule has 2 heterocycles. The van der Waals surface area contributed by atoms with Crippen LogP contribution in [0.1, 0.15) is 53.7 Å². The molecule has 0 radical (unpaired) electrons. The van der Waals surface area contributed by atoms with E-state index in [-0.39, 0.29) is 11.6 Å². The van der Waals surface area contributed by atoms with Gasteiger partial charge in [-0.3, -0.25) is 4.79 Å². The molecule has 0 saturated heterocycles. The lowest BCUT2D eigenvalue weighted by atomic mass is 10.1. The van der Waals surface area contributed by atoms with Crippen molar-refractivity contribution in [1.29, 1.82) is 0 Å². The van der Waals surface area contributed by atoms with Crippen LogP contribution >= 0.6 is 0 Å². The number of hydrogen-bond donors (Lipinski definition) is 0. The molecule has 0 spiro atoms. The normalized spacial score (nSPS) is 19.7. The van der Waals surface area contributed by atoms with Gasteiger partial charge in [0.1, 0.15) is 5.82 Å². The zero-order valence-corrected chi connectivity index (χ0v) is 14.0. The molecule has 4 rings (SSSR count). The van der Waals surface area contributed by atoms with Gasteiger partial charge in [-0.05, 0) is 31.9 Å². The quantitative estimate of drug-likeness (QED) is 0.856. The summed E-state index contributed by atoms with van der Waals surface area (Å²) in [5.41, 5.74) is -0.208. The van der Waals surface area contributed by atoms with E-state index in [0.717, 1.165) is 30.8 Å². The van der Waals surface area contributed by atoms with Crippen molar-refractivity contribution in [3.05, 3.63) is 41.0 Å². The summed E-state index contributed by atoms with van der Waals surface area (Å²) in [6.45, 7) is 2.73. The first kappa shape index (κ1) is 16.0. The molecule has 0 N–H and O–H groups in total. The summed E-state index contributed by atoms with van der Waals surface area (Å²) in [6.07, 6.45) is 2.20. The zero-order valence-electron chi connectivity index (χ0n) is 14.0. The Morgan fingerprint density at radius 3 is 2.72 bits per heavy atom. The van der Waals surface area contributed by atoms with E-state index >= 15 is 0 Å². The average Bonchev–Trinajstić information content (AvgIpc) is 3.34. The predicted molar refractivity (Wildman–Crippen MR) is 84.4 cm³/mol. The number of carbonyl (C=O) groups excluding carboxylic acids is 1. The molecule has 2 aromatic rings. The molecular weight excluding hydrogens is 330 g/mol. The lowest BCUT2D eigenvalue weighted by Crippen LogP contribution is -2.41. The van der Waals surface area contributed by atoms with Gasteiger partial charge in [-0.2, -0.15) is 5.10 Å². The van der Waals surface area contributed by atoms with Gasteiger partial charge in [0.25, 0.3) is 5.91 Å². The first-order chi connectivity index (χ1) is 12.0. The van der Waals surface area contributed by atoms with Crippen molar-refractivity contribution < 1.29 is 18.3 Å². The number of aromatic nitrogens is 3. The largest absolute Gasteiger partial charge is 0.491 e. The van der Waals surface area contributed by atoms with E-state index in [1.165, 1.54) is 12.0 Å². The van der Waals surface area contributed by atoms with Gasteiger partial charge in [0.2, 0.25) is 0 Å². The molecule has 6 nitrogen and oxygen atoms in total. The molecule has 1 aliphatic heterocycles. The van der Waals surface area contributed by atoms with Crippen LogP contribution in [-0.4, -0.2) is 39.2 Å². The Hall–Kier alpha value is -2.51. The van der Waals surface area contributed by atoms with Crippen molar-refractivity contribution in [1.82, 2.24) is 19.7 Å². The first-order valence-electron chi connectivity index (χ1n) is 8.29. The topological polar surface area (TPSA) is 60.2 Å². The number of rotatable bonds is 3. The van der Waals surface area contributed by atoms with Gasteiger partial charge in [0.15, 0.2) is 23.2 Å². The fourth-order valence-corrected chi connectivity index (χ4v) is 3.21. The zero-order chi connectivity index (χ0) is 17.7. The summed E-state index contributed by atoms with van der Waals surface area (Å²) >= 11 is 0. The molecule has 1 atom stereocenters. The molecular formula is C17H18F2N4O2. The summed E-state index contributed by atoms with van der Waals surface area (Å²) < 4.78 is 34.6. The van der Waals surface area contributed by atoms with E-state index in [1.807, 2.05) is 11.6 Å². The molecule has 132 valence electrons. The minimum absolute atomic E-state index is 0.208. The summed E-state index contributed by atoms with van der Waals surface area (Å²) in [7, 11) is 1.17. The van der Waals surface area contributed by atoms with Crippen LogP contribution in [0.25, 0.3) is 0 Å². The molecule has 8 heteroatoms. The van der Waals surface area contributed by atoms with Crippen molar-refractivity contribution >= 4 is 5.91 Å². The number of amides is 1. The highest BCUT2D eigenvalue weighted by Gasteiger charge is 2.36. The maximum atomic E-state index is 14.4. The smallest absolute Gasteiger partial charge is 0.257 e. The first-order valence-corrected chi connectivity index (χ1v) is 8.29. The second-order valence-electron chi connectivity index (χ2n) is 6.44. The van der Waals surface area contributed by atoms with Crippen molar-refractivity contribution in [3.8, 4) is 5.75 Å². The number of hydrogen-bond acceptors (Lipinski definition) is 4. The summed E-state index contributed by atoms with van der Waals surface area (Å²) in [6, 6.07) is 1.85. The van der Waals surface area contributed by atoms with E-state index in [9.17, 15) is 13.6 Å².